The van der Waals surface area contributed by atoms with Crippen molar-refractivity contribution >= 4 is 12.2 Å². The molecule has 0 bridgehead atoms. The number of aromatic nitrogens is 1. The van der Waals surface area contributed by atoms with E-state index in [4.69, 9.17) is 19.6 Å². The summed E-state index contributed by atoms with van der Waals surface area (Å²) in [6.07, 6.45) is 2.43. The SMILES string of the molecule is COc1ccnc(Oc2cc(C3(NC(=N)N(C)C)COCCC3C=O)c(F)cc2F)c1. The number of carbonyl (C=O) groups excluding carboxylic acids is 1. The van der Waals surface area contributed by atoms with Crippen LogP contribution in [0, 0.1) is 23.0 Å². The number of benzene rings is 1. The van der Waals surface area contributed by atoms with Crippen LogP contribution in [0.15, 0.2) is 30.5 Å². The molecule has 0 amide bonds. The molecule has 2 aromatic rings. The first kappa shape index (κ1) is 22.4. The standard InChI is InChI=1S/C21H24F2N4O4/c1-27(2)20(24)26-21(12-30-7-5-13(21)11-28)15-9-18(17(23)10-16(15)22)31-19-8-14(29-3)4-6-25-19/h4,6,8-11,13H,5,7,12H2,1-3H3,(H2,24,26). The summed E-state index contributed by atoms with van der Waals surface area (Å²) in [5.41, 5.74) is -1.46. The molecule has 2 atom stereocenters. The topological polar surface area (TPSA) is 96.8 Å². The average molecular weight is 434 g/mol. The Morgan fingerprint density at radius 1 is 1.35 bits per heavy atom. The summed E-state index contributed by atoms with van der Waals surface area (Å²) in [5, 5.41) is 11.1. The molecular formula is C21H24F2N4O4. The normalized spacial score (nSPS) is 20.6. The van der Waals surface area contributed by atoms with E-state index in [1.807, 2.05) is 0 Å². The lowest BCUT2D eigenvalue weighted by molar-refractivity contribution is -0.119. The number of nitrogens with zero attached hydrogens (tertiary/aromatic N) is 2. The lowest BCUT2D eigenvalue weighted by Crippen LogP contribution is -2.59. The van der Waals surface area contributed by atoms with Crippen molar-refractivity contribution in [1.82, 2.24) is 15.2 Å². The van der Waals surface area contributed by atoms with Crippen LogP contribution in [0.1, 0.15) is 12.0 Å². The number of carbonyl (C=O) groups is 1. The van der Waals surface area contributed by atoms with Crippen LogP contribution in [0.3, 0.4) is 0 Å². The molecule has 31 heavy (non-hydrogen) atoms. The number of pyridine rings is 1. The van der Waals surface area contributed by atoms with Crippen LogP contribution >= 0.6 is 0 Å². The van der Waals surface area contributed by atoms with Gasteiger partial charge in [0.15, 0.2) is 17.5 Å². The van der Waals surface area contributed by atoms with E-state index in [1.165, 1.54) is 30.3 Å². The van der Waals surface area contributed by atoms with Crippen LogP contribution in [-0.4, -0.2) is 56.5 Å². The van der Waals surface area contributed by atoms with Gasteiger partial charge in [-0.25, -0.2) is 13.8 Å². The Kier molecular flexibility index (Phi) is 6.69. The third-order valence-corrected chi connectivity index (χ3v) is 5.15. The number of hydrogen-bond donors (Lipinski definition) is 2. The van der Waals surface area contributed by atoms with Crippen molar-refractivity contribution in [3.8, 4) is 17.4 Å². The Hall–Kier alpha value is -3.27. The molecule has 0 aliphatic carbocycles. The third kappa shape index (κ3) is 4.58. The largest absolute Gasteiger partial charge is 0.497 e. The van der Waals surface area contributed by atoms with Gasteiger partial charge in [-0.05, 0) is 18.6 Å². The molecule has 1 saturated heterocycles. The number of ether oxygens (including phenoxy) is 3. The van der Waals surface area contributed by atoms with E-state index in [0.717, 1.165) is 0 Å². The predicted molar refractivity (Wildman–Crippen MR) is 108 cm³/mol. The summed E-state index contributed by atoms with van der Waals surface area (Å²) < 4.78 is 45.8. The summed E-state index contributed by atoms with van der Waals surface area (Å²) in [7, 11) is 4.73. The molecule has 2 heterocycles. The highest BCUT2D eigenvalue weighted by Crippen LogP contribution is 2.39. The number of aldehydes is 1. The molecule has 1 aliphatic rings. The number of nitrogens with one attached hydrogen (secondary N) is 2. The highest BCUT2D eigenvalue weighted by molar-refractivity contribution is 5.78. The van der Waals surface area contributed by atoms with Gasteiger partial charge < -0.3 is 29.2 Å². The van der Waals surface area contributed by atoms with E-state index in [1.54, 1.807) is 20.2 Å². The summed E-state index contributed by atoms with van der Waals surface area (Å²) in [5.74, 6) is -2.40. The van der Waals surface area contributed by atoms with Crippen LogP contribution in [-0.2, 0) is 15.1 Å². The van der Waals surface area contributed by atoms with Crippen LogP contribution in [0.5, 0.6) is 17.4 Å². The molecule has 3 rings (SSSR count). The van der Waals surface area contributed by atoms with Crippen molar-refractivity contribution in [2.45, 2.75) is 12.0 Å². The van der Waals surface area contributed by atoms with Gasteiger partial charge in [-0.1, -0.05) is 0 Å². The number of methoxy groups -OCH3 is 1. The minimum atomic E-state index is -1.42. The highest BCUT2D eigenvalue weighted by atomic mass is 19.1. The summed E-state index contributed by atoms with van der Waals surface area (Å²) in [4.78, 5) is 17.4. The number of hydrogen-bond acceptors (Lipinski definition) is 6. The monoisotopic (exact) mass is 434 g/mol. The molecule has 0 spiro atoms. The van der Waals surface area contributed by atoms with Crippen molar-refractivity contribution in [3.63, 3.8) is 0 Å². The summed E-state index contributed by atoms with van der Waals surface area (Å²) >= 11 is 0. The van der Waals surface area contributed by atoms with Gasteiger partial charge >= 0.3 is 0 Å². The second-order valence-corrected chi connectivity index (χ2v) is 7.32. The van der Waals surface area contributed by atoms with Gasteiger partial charge in [0, 0.05) is 50.5 Å². The zero-order valence-electron chi connectivity index (χ0n) is 17.4. The fourth-order valence-corrected chi connectivity index (χ4v) is 3.41. The van der Waals surface area contributed by atoms with Crippen LogP contribution in [0.2, 0.25) is 0 Å². The Morgan fingerprint density at radius 3 is 2.81 bits per heavy atom. The average Bonchev–Trinajstić information content (AvgIpc) is 2.75. The van der Waals surface area contributed by atoms with Gasteiger partial charge in [-0.3, -0.25) is 5.41 Å². The number of halogens is 2. The Morgan fingerprint density at radius 2 is 2.13 bits per heavy atom. The smallest absolute Gasteiger partial charge is 0.223 e. The Bertz CT molecular complexity index is 972. The molecule has 1 fully saturated rings. The molecule has 1 aliphatic heterocycles. The van der Waals surface area contributed by atoms with Crippen LogP contribution < -0.4 is 14.8 Å². The molecule has 2 N–H and O–H groups in total. The van der Waals surface area contributed by atoms with Gasteiger partial charge in [0.2, 0.25) is 5.88 Å². The van der Waals surface area contributed by atoms with E-state index >= 15 is 4.39 Å². The van der Waals surface area contributed by atoms with Gasteiger partial charge in [0.25, 0.3) is 0 Å². The minimum absolute atomic E-state index is 0.0461. The van der Waals surface area contributed by atoms with Crippen LogP contribution in [0.25, 0.3) is 0 Å². The second kappa shape index (κ2) is 9.25. The van der Waals surface area contributed by atoms with Gasteiger partial charge in [-0.15, -0.1) is 0 Å². The molecule has 1 aromatic heterocycles. The quantitative estimate of drug-likeness (QED) is 0.410. The molecule has 166 valence electrons. The maximum atomic E-state index is 15.1. The molecule has 1 aromatic carbocycles. The molecule has 0 saturated carbocycles. The first-order valence-corrected chi connectivity index (χ1v) is 9.55. The van der Waals surface area contributed by atoms with Crippen molar-refractivity contribution < 1.29 is 27.8 Å². The lowest BCUT2D eigenvalue weighted by atomic mass is 9.75. The Labute approximate surface area is 178 Å². The molecule has 2 unspecified atom stereocenters. The van der Waals surface area contributed by atoms with Gasteiger partial charge in [0.05, 0.1) is 13.7 Å². The van der Waals surface area contributed by atoms with Crippen molar-refractivity contribution in [2.75, 3.05) is 34.4 Å². The molecular weight excluding hydrogens is 410 g/mol. The highest BCUT2D eigenvalue weighted by Gasteiger charge is 2.46. The first-order chi connectivity index (χ1) is 14.8. The number of guanidine groups is 1. The minimum Gasteiger partial charge on any atom is -0.497 e. The predicted octanol–water partition coefficient (Wildman–Crippen LogP) is 2.68. The lowest BCUT2D eigenvalue weighted by Gasteiger charge is -2.44. The molecule has 10 heteroatoms. The van der Waals surface area contributed by atoms with E-state index in [9.17, 15) is 9.18 Å². The van der Waals surface area contributed by atoms with Gasteiger partial charge in [0.1, 0.15) is 23.4 Å². The van der Waals surface area contributed by atoms with E-state index in [0.29, 0.717) is 31.1 Å². The van der Waals surface area contributed by atoms with Crippen molar-refractivity contribution in [2.24, 2.45) is 5.92 Å². The third-order valence-electron chi connectivity index (χ3n) is 5.15. The zero-order valence-corrected chi connectivity index (χ0v) is 17.4. The van der Waals surface area contributed by atoms with E-state index in [-0.39, 0.29) is 29.8 Å². The van der Waals surface area contributed by atoms with Crippen molar-refractivity contribution in [1.29, 1.82) is 5.41 Å². The maximum absolute atomic E-state index is 15.1. The fraction of sp³-hybridized carbons (Fsp3) is 0.381. The van der Waals surface area contributed by atoms with E-state index < -0.39 is 23.1 Å². The molecule has 0 radical (unpaired) electrons. The number of rotatable bonds is 6. The first-order valence-electron chi connectivity index (χ1n) is 9.55. The summed E-state index contributed by atoms with van der Waals surface area (Å²) in [6.45, 7) is 0.216. The van der Waals surface area contributed by atoms with Crippen LogP contribution in [0.4, 0.5) is 8.78 Å². The second-order valence-electron chi connectivity index (χ2n) is 7.32. The fourth-order valence-electron chi connectivity index (χ4n) is 3.41. The van der Waals surface area contributed by atoms with E-state index in [2.05, 4.69) is 10.3 Å². The Balaban J connectivity index is 2.09. The zero-order chi connectivity index (χ0) is 22.6. The van der Waals surface area contributed by atoms with Crippen molar-refractivity contribution in [3.05, 3.63) is 47.7 Å². The summed E-state index contributed by atoms with van der Waals surface area (Å²) in [6, 6.07) is 4.91. The van der Waals surface area contributed by atoms with Gasteiger partial charge in [-0.2, -0.15) is 0 Å². The molecule has 8 nitrogen and oxygen atoms in total. The maximum Gasteiger partial charge on any atom is 0.223 e.